The van der Waals surface area contributed by atoms with Gasteiger partial charge in [-0.3, -0.25) is 9.59 Å². The molecule has 19 heavy (non-hydrogen) atoms. The molecule has 2 heterocycles. The summed E-state index contributed by atoms with van der Waals surface area (Å²) < 4.78 is 5.21. The van der Waals surface area contributed by atoms with Crippen molar-refractivity contribution < 1.29 is 14.3 Å². The molecule has 5 nitrogen and oxygen atoms in total. The molecule has 2 amide bonds. The lowest BCUT2D eigenvalue weighted by atomic mass is 10.1. The van der Waals surface area contributed by atoms with E-state index in [0.717, 1.165) is 5.56 Å². The maximum absolute atomic E-state index is 12.1. The molecular weight excluding hydrogens is 244 g/mol. The first-order valence-corrected chi connectivity index (χ1v) is 6.25. The zero-order valence-corrected chi connectivity index (χ0v) is 10.4. The quantitative estimate of drug-likeness (QED) is 0.752. The Morgan fingerprint density at radius 2 is 1.89 bits per heavy atom. The summed E-state index contributed by atoms with van der Waals surface area (Å²) in [4.78, 5) is 25.6. The van der Waals surface area contributed by atoms with Gasteiger partial charge in [-0.15, -0.1) is 0 Å². The van der Waals surface area contributed by atoms with Gasteiger partial charge in [0, 0.05) is 30.3 Å². The standard InChI is InChI=1S/C14H14N2O3/c17-13(16-5-7-19-8-6-16)9-12-10-3-1-2-4-11(10)14(18)15-12/h1-4,9H,5-8H2,(H,15,18)/b12-9-. The van der Waals surface area contributed by atoms with Crippen molar-refractivity contribution in [2.45, 2.75) is 0 Å². The molecule has 98 valence electrons. The smallest absolute Gasteiger partial charge is 0.256 e. The zero-order chi connectivity index (χ0) is 13.2. The summed E-state index contributed by atoms with van der Waals surface area (Å²) >= 11 is 0. The van der Waals surface area contributed by atoms with Crippen LogP contribution in [0.25, 0.3) is 5.70 Å². The van der Waals surface area contributed by atoms with Crippen LogP contribution < -0.4 is 5.32 Å². The molecule has 1 N–H and O–H groups in total. The van der Waals surface area contributed by atoms with Crippen molar-refractivity contribution in [2.24, 2.45) is 0 Å². The third-order valence-electron chi connectivity index (χ3n) is 3.30. The molecule has 0 unspecified atom stereocenters. The Labute approximate surface area is 110 Å². The van der Waals surface area contributed by atoms with Crippen LogP contribution in [0.3, 0.4) is 0 Å². The van der Waals surface area contributed by atoms with Gasteiger partial charge in [-0.1, -0.05) is 18.2 Å². The van der Waals surface area contributed by atoms with Crippen molar-refractivity contribution in [3.63, 3.8) is 0 Å². The monoisotopic (exact) mass is 258 g/mol. The second kappa shape index (κ2) is 4.85. The van der Waals surface area contributed by atoms with E-state index in [0.29, 0.717) is 37.6 Å². The number of rotatable bonds is 1. The SMILES string of the molecule is O=C1N/C(=C\C(=O)N2CCOCC2)c2ccccc21. The lowest BCUT2D eigenvalue weighted by molar-refractivity contribution is -0.129. The summed E-state index contributed by atoms with van der Waals surface area (Å²) in [6.07, 6.45) is 1.50. The minimum absolute atomic E-state index is 0.0877. The van der Waals surface area contributed by atoms with Crippen molar-refractivity contribution in [3.8, 4) is 0 Å². The number of fused-ring (bicyclic) bond motifs is 1. The number of carbonyl (C=O) groups excluding carboxylic acids is 2. The number of amides is 2. The van der Waals surface area contributed by atoms with Gasteiger partial charge in [-0.2, -0.15) is 0 Å². The van der Waals surface area contributed by atoms with E-state index in [1.807, 2.05) is 18.2 Å². The molecule has 0 radical (unpaired) electrons. The summed E-state index contributed by atoms with van der Waals surface area (Å²) in [6, 6.07) is 7.26. The highest BCUT2D eigenvalue weighted by molar-refractivity contribution is 6.12. The number of hydrogen-bond donors (Lipinski definition) is 1. The third kappa shape index (κ3) is 2.24. The molecule has 0 aromatic heterocycles. The Morgan fingerprint density at radius 3 is 2.63 bits per heavy atom. The van der Waals surface area contributed by atoms with Crippen molar-refractivity contribution in [3.05, 3.63) is 41.5 Å². The van der Waals surface area contributed by atoms with Gasteiger partial charge in [0.1, 0.15) is 0 Å². The average Bonchev–Trinajstić information content (AvgIpc) is 2.77. The summed E-state index contributed by atoms with van der Waals surface area (Å²) in [6.45, 7) is 2.33. The number of morpholine rings is 1. The summed E-state index contributed by atoms with van der Waals surface area (Å²) in [5.41, 5.74) is 1.98. The molecule has 2 aliphatic rings. The first-order valence-electron chi connectivity index (χ1n) is 6.25. The molecule has 0 atom stereocenters. The topological polar surface area (TPSA) is 58.6 Å². The van der Waals surface area contributed by atoms with Crippen LogP contribution in [0.5, 0.6) is 0 Å². The predicted octanol–water partition coefficient (Wildman–Crippen LogP) is 0.630. The molecule has 1 aromatic carbocycles. The highest BCUT2D eigenvalue weighted by Gasteiger charge is 2.24. The van der Waals surface area contributed by atoms with E-state index in [1.165, 1.54) is 6.08 Å². The van der Waals surface area contributed by atoms with Crippen molar-refractivity contribution in [1.29, 1.82) is 0 Å². The van der Waals surface area contributed by atoms with E-state index in [4.69, 9.17) is 4.74 Å². The molecule has 0 aliphatic carbocycles. The van der Waals surface area contributed by atoms with Crippen LogP contribution in [0, 0.1) is 0 Å². The normalized spacial score (nSPS) is 20.3. The number of hydrogen-bond acceptors (Lipinski definition) is 3. The zero-order valence-electron chi connectivity index (χ0n) is 10.4. The van der Waals surface area contributed by atoms with Crippen LogP contribution in [0.1, 0.15) is 15.9 Å². The first kappa shape index (κ1) is 11.9. The van der Waals surface area contributed by atoms with Crippen LogP contribution >= 0.6 is 0 Å². The second-order valence-electron chi connectivity index (χ2n) is 4.50. The van der Waals surface area contributed by atoms with E-state index < -0.39 is 0 Å². The van der Waals surface area contributed by atoms with E-state index in [1.54, 1.807) is 11.0 Å². The molecule has 1 saturated heterocycles. The Balaban J connectivity index is 1.85. The molecule has 3 rings (SSSR count). The van der Waals surface area contributed by atoms with Gasteiger partial charge in [-0.05, 0) is 6.07 Å². The van der Waals surface area contributed by atoms with Gasteiger partial charge >= 0.3 is 0 Å². The Hall–Kier alpha value is -2.14. The van der Waals surface area contributed by atoms with E-state index in [2.05, 4.69) is 5.32 Å². The van der Waals surface area contributed by atoms with Gasteiger partial charge in [0.05, 0.1) is 18.9 Å². The molecule has 0 spiro atoms. The third-order valence-corrected chi connectivity index (χ3v) is 3.30. The lowest BCUT2D eigenvalue weighted by Gasteiger charge is -2.25. The van der Waals surface area contributed by atoms with Crippen LogP contribution in [0.15, 0.2) is 30.3 Å². The van der Waals surface area contributed by atoms with Gasteiger partial charge in [0.15, 0.2) is 0 Å². The Bertz CT molecular complexity index is 560. The van der Waals surface area contributed by atoms with E-state index in [9.17, 15) is 9.59 Å². The fourth-order valence-corrected chi connectivity index (χ4v) is 2.29. The number of ether oxygens (including phenoxy) is 1. The van der Waals surface area contributed by atoms with Crippen molar-refractivity contribution in [1.82, 2.24) is 10.2 Å². The molecular formula is C14H14N2O3. The molecule has 0 bridgehead atoms. The van der Waals surface area contributed by atoms with E-state index in [-0.39, 0.29) is 11.8 Å². The highest BCUT2D eigenvalue weighted by atomic mass is 16.5. The van der Waals surface area contributed by atoms with Gasteiger partial charge in [-0.25, -0.2) is 0 Å². The Kier molecular flexibility index (Phi) is 3.05. The molecule has 5 heteroatoms. The van der Waals surface area contributed by atoms with Crippen molar-refractivity contribution in [2.75, 3.05) is 26.3 Å². The Morgan fingerprint density at radius 1 is 1.21 bits per heavy atom. The highest BCUT2D eigenvalue weighted by Crippen LogP contribution is 2.23. The minimum Gasteiger partial charge on any atom is -0.378 e. The largest absolute Gasteiger partial charge is 0.378 e. The van der Waals surface area contributed by atoms with Crippen molar-refractivity contribution >= 4 is 17.5 Å². The molecule has 0 saturated carbocycles. The van der Waals surface area contributed by atoms with Gasteiger partial charge < -0.3 is 15.0 Å². The van der Waals surface area contributed by atoms with Crippen LogP contribution in [0.2, 0.25) is 0 Å². The summed E-state index contributed by atoms with van der Waals surface area (Å²) in [7, 11) is 0. The summed E-state index contributed by atoms with van der Waals surface area (Å²) in [5.74, 6) is -0.244. The fourth-order valence-electron chi connectivity index (χ4n) is 2.29. The maximum atomic E-state index is 12.1. The number of nitrogens with one attached hydrogen (secondary N) is 1. The van der Waals surface area contributed by atoms with Crippen LogP contribution in [-0.4, -0.2) is 43.0 Å². The maximum Gasteiger partial charge on any atom is 0.256 e. The average molecular weight is 258 g/mol. The van der Waals surface area contributed by atoms with Crippen LogP contribution in [-0.2, 0) is 9.53 Å². The number of nitrogens with zero attached hydrogens (tertiary/aromatic N) is 1. The van der Waals surface area contributed by atoms with Gasteiger partial charge in [0.25, 0.3) is 5.91 Å². The van der Waals surface area contributed by atoms with E-state index >= 15 is 0 Å². The first-order chi connectivity index (χ1) is 9.25. The fraction of sp³-hybridized carbons (Fsp3) is 0.286. The minimum atomic E-state index is -0.156. The molecule has 1 aromatic rings. The number of carbonyl (C=O) groups is 2. The van der Waals surface area contributed by atoms with Crippen LogP contribution in [0.4, 0.5) is 0 Å². The number of benzene rings is 1. The summed E-state index contributed by atoms with van der Waals surface area (Å²) in [5, 5.41) is 2.73. The predicted molar refractivity (Wildman–Crippen MR) is 69.3 cm³/mol. The molecule has 2 aliphatic heterocycles. The van der Waals surface area contributed by atoms with Gasteiger partial charge in [0.2, 0.25) is 5.91 Å². The second-order valence-corrected chi connectivity index (χ2v) is 4.50. The lowest BCUT2D eigenvalue weighted by Crippen LogP contribution is -2.40. The molecule has 1 fully saturated rings.